The molecule has 1 aromatic heterocycles. The number of carbonyl (C=O) groups is 1. The monoisotopic (exact) mass is 511 g/mol. The Morgan fingerprint density at radius 2 is 1.41 bits per heavy atom. The van der Waals surface area contributed by atoms with Gasteiger partial charge >= 0.3 is 5.97 Å². The SMILES string of the molecule is O=C(O)c1[nH]c2c(-c3ccccc3Cc3ccccc3)cccc2c1CCCOc1cccc2ccccc12. The van der Waals surface area contributed by atoms with Crippen molar-refractivity contribution in [3.8, 4) is 16.9 Å². The van der Waals surface area contributed by atoms with Crippen LogP contribution in [0, 0.1) is 0 Å². The van der Waals surface area contributed by atoms with Crippen molar-refractivity contribution < 1.29 is 14.6 Å². The van der Waals surface area contributed by atoms with Crippen molar-refractivity contribution in [2.75, 3.05) is 6.61 Å². The summed E-state index contributed by atoms with van der Waals surface area (Å²) in [4.78, 5) is 15.5. The van der Waals surface area contributed by atoms with Crippen LogP contribution in [0.15, 0.2) is 115 Å². The van der Waals surface area contributed by atoms with Gasteiger partial charge in [-0.1, -0.05) is 109 Å². The molecule has 0 aliphatic rings. The number of hydrogen-bond acceptors (Lipinski definition) is 2. The number of aryl methyl sites for hydroxylation is 1. The van der Waals surface area contributed by atoms with E-state index in [-0.39, 0.29) is 5.69 Å². The molecule has 0 saturated carbocycles. The van der Waals surface area contributed by atoms with Gasteiger partial charge in [0.25, 0.3) is 0 Å². The summed E-state index contributed by atoms with van der Waals surface area (Å²) in [7, 11) is 0. The Morgan fingerprint density at radius 1 is 0.718 bits per heavy atom. The molecule has 0 bridgehead atoms. The van der Waals surface area contributed by atoms with Gasteiger partial charge in [0.05, 0.1) is 12.1 Å². The number of hydrogen-bond donors (Lipinski definition) is 2. The van der Waals surface area contributed by atoms with Gasteiger partial charge in [0.1, 0.15) is 11.4 Å². The summed E-state index contributed by atoms with van der Waals surface area (Å²) in [6.45, 7) is 0.499. The summed E-state index contributed by atoms with van der Waals surface area (Å²) in [5.41, 5.74) is 6.50. The molecule has 39 heavy (non-hydrogen) atoms. The smallest absolute Gasteiger partial charge is 0.352 e. The van der Waals surface area contributed by atoms with E-state index >= 15 is 0 Å². The summed E-state index contributed by atoms with van der Waals surface area (Å²) < 4.78 is 6.14. The number of ether oxygens (including phenoxy) is 1. The van der Waals surface area contributed by atoms with E-state index in [0.717, 1.165) is 50.5 Å². The number of nitrogens with one attached hydrogen (secondary N) is 1. The number of carboxylic acids is 1. The van der Waals surface area contributed by atoms with Crippen molar-refractivity contribution in [3.05, 3.63) is 138 Å². The summed E-state index contributed by atoms with van der Waals surface area (Å²) in [5.74, 6) is -0.0949. The van der Waals surface area contributed by atoms with Crippen LogP contribution in [-0.2, 0) is 12.8 Å². The molecule has 0 aliphatic heterocycles. The van der Waals surface area contributed by atoms with Gasteiger partial charge < -0.3 is 14.8 Å². The van der Waals surface area contributed by atoms with Crippen LogP contribution in [0.5, 0.6) is 5.75 Å². The summed E-state index contributed by atoms with van der Waals surface area (Å²) in [6.07, 6.45) is 2.10. The molecule has 5 aromatic carbocycles. The number of para-hydroxylation sites is 1. The zero-order valence-electron chi connectivity index (χ0n) is 21.6. The molecule has 0 atom stereocenters. The number of benzene rings is 5. The fourth-order valence-corrected chi connectivity index (χ4v) is 5.45. The molecule has 1 heterocycles. The van der Waals surface area contributed by atoms with E-state index in [4.69, 9.17) is 4.74 Å². The molecular weight excluding hydrogens is 482 g/mol. The van der Waals surface area contributed by atoms with Crippen LogP contribution in [0.2, 0.25) is 0 Å². The molecule has 6 rings (SSSR count). The molecular formula is C35H29NO3. The van der Waals surface area contributed by atoms with Gasteiger partial charge in [-0.3, -0.25) is 0 Å². The number of aromatic carboxylic acids is 1. The Kier molecular flexibility index (Phi) is 6.84. The van der Waals surface area contributed by atoms with E-state index < -0.39 is 5.97 Å². The number of rotatable bonds is 9. The zero-order chi connectivity index (χ0) is 26.6. The van der Waals surface area contributed by atoms with Crippen LogP contribution in [0.25, 0.3) is 32.8 Å². The zero-order valence-corrected chi connectivity index (χ0v) is 21.6. The highest BCUT2D eigenvalue weighted by Crippen LogP contribution is 2.35. The highest BCUT2D eigenvalue weighted by Gasteiger charge is 2.20. The standard InChI is InChI=1S/C35H29NO3/c37-35(38)34-31(20-10-22-39-32-21-8-15-25-13-4-7-17-28(25)32)30-19-9-18-29(33(30)36-34)27-16-6-5-14-26(27)23-24-11-2-1-3-12-24/h1-9,11-19,21,36H,10,20,22-23H2,(H,37,38). The average Bonchev–Trinajstić information content (AvgIpc) is 3.35. The third-order valence-corrected chi connectivity index (χ3v) is 7.28. The van der Waals surface area contributed by atoms with E-state index in [0.29, 0.717) is 19.4 Å². The normalized spacial score (nSPS) is 11.2. The first-order valence-corrected chi connectivity index (χ1v) is 13.3. The Balaban J connectivity index is 1.29. The fraction of sp³-hybridized carbons (Fsp3) is 0.114. The van der Waals surface area contributed by atoms with Gasteiger partial charge in [0.15, 0.2) is 0 Å². The Hall–Kier alpha value is -4.83. The van der Waals surface area contributed by atoms with Gasteiger partial charge in [-0.2, -0.15) is 0 Å². The maximum absolute atomic E-state index is 12.3. The van der Waals surface area contributed by atoms with Crippen LogP contribution in [-0.4, -0.2) is 22.7 Å². The van der Waals surface area contributed by atoms with Gasteiger partial charge in [-0.25, -0.2) is 4.79 Å². The second-order valence-corrected chi connectivity index (χ2v) is 9.76. The van der Waals surface area contributed by atoms with Crippen LogP contribution in [0.4, 0.5) is 0 Å². The lowest BCUT2D eigenvalue weighted by Crippen LogP contribution is -2.04. The van der Waals surface area contributed by atoms with Crippen molar-refractivity contribution in [1.29, 1.82) is 0 Å². The number of aromatic amines is 1. The van der Waals surface area contributed by atoms with Crippen molar-refractivity contribution in [1.82, 2.24) is 4.98 Å². The van der Waals surface area contributed by atoms with E-state index in [1.165, 1.54) is 11.1 Å². The molecule has 6 aromatic rings. The lowest BCUT2D eigenvalue weighted by atomic mass is 9.93. The molecule has 192 valence electrons. The highest BCUT2D eigenvalue weighted by molar-refractivity contribution is 6.03. The minimum absolute atomic E-state index is 0.253. The molecule has 0 saturated heterocycles. The van der Waals surface area contributed by atoms with E-state index in [2.05, 4.69) is 71.7 Å². The fourth-order valence-electron chi connectivity index (χ4n) is 5.45. The predicted octanol–water partition coefficient (Wildman–Crippen LogP) is 8.29. The minimum Gasteiger partial charge on any atom is -0.493 e. The number of fused-ring (bicyclic) bond motifs is 2. The molecule has 0 radical (unpaired) electrons. The summed E-state index contributed by atoms with van der Waals surface area (Å²) >= 11 is 0. The van der Waals surface area contributed by atoms with Crippen LogP contribution in [0.3, 0.4) is 0 Å². The van der Waals surface area contributed by atoms with Gasteiger partial charge in [0, 0.05) is 16.3 Å². The maximum atomic E-state index is 12.3. The lowest BCUT2D eigenvalue weighted by Gasteiger charge is -2.11. The third-order valence-electron chi connectivity index (χ3n) is 7.28. The van der Waals surface area contributed by atoms with E-state index in [1.807, 2.05) is 48.5 Å². The second kappa shape index (κ2) is 10.9. The first kappa shape index (κ1) is 24.5. The van der Waals surface area contributed by atoms with Gasteiger partial charge in [-0.05, 0) is 53.0 Å². The van der Waals surface area contributed by atoms with Crippen molar-refractivity contribution in [2.24, 2.45) is 0 Å². The highest BCUT2D eigenvalue weighted by atomic mass is 16.5. The molecule has 0 aliphatic carbocycles. The maximum Gasteiger partial charge on any atom is 0.352 e. The Bertz CT molecular complexity index is 1760. The van der Waals surface area contributed by atoms with Crippen LogP contribution >= 0.6 is 0 Å². The second-order valence-electron chi connectivity index (χ2n) is 9.76. The quantitative estimate of drug-likeness (QED) is 0.192. The van der Waals surface area contributed by atoms with Crippen LogP contribution in [0.1, 0.15) is 33.6 Å². The minimum atomic E-state index is -0.945. The Morgan fingerprint density at radius 3 is 2.28 bits per heavy atom. The number of H-pyrrole nitrogens is 1. The number of carboxylic acid groups (broad SMARTS) is 1. The molecule has 0 amide bonds. The van der Waals surface area contributed by atoms with Gasteiger partial charge in [-0.15, -0.1) is 0 Å². The third kappa shape index (κ3) is 5.01. The van der Waals surface area contributed by atoms with Gasteiger partial charge in [0.2, 0.25) is 0 Å². The molecule has 4 nitrogen and oxygen atoms in total. The van der Waals surface area contributed by atoms with E-state index in [9.17, 15) is 9.90 Å². The molecule has 0 fully saturated rings. The molecule has 4 heteroatoms. The number of aromatic nitrogens is 1. The predicted molar refractivity (Wildman–Crippen MR) is 158 cm³/mol. The van der Waals surface area contributed by atoms with Crippen molar-refractivity contribution in [3.63, 3.8) is 0 Å². The first-order chi connectivity index (χ1) is 19.2. The summed E-state index contributed by atoms with van der Waals surface area (Å²) in [6, 6.07) is 39.1. The largest absolute Gasteiger partial charge is 0.493 e. The topological polar surface area (TPSA) is 62.3 Å². The summed E-state index contributed by atoms with van der Waals surface area (Å²) in [5, 5.41) is 13.2. The van der Waals surface area contributed by atoms with Crippen LogP contribution < -0.4 is 4.74 Å². The molecule has 0 spiro atoms. The average molecular weight is 512 g/mol. The van der Waals surface area contributed by atoms with Crippen molar-refractivity contribution >= 4 is 27.6 Å². The Labute approximate surface area is 227 Å². The van der Waals surface area contributed by atoms with Crippen molar-refractivity contribution in [2.45, 2.75) is 19.3 Å². The molecule has 0 unspecified atom stereocenters. The first-order valence-electron chi connectivity index (χ1n) is 13.3. The molecule has 2 N–H and O–H groups in total. The van der Waals surface area contributed by atoms with E-state index in [1.54, 1.807) is 0 Å². The lowest BCUT2D eigenvalue weighted by molar-refractivity contribution is 0.0690.